The van der Waals surface area contributed by atoms with Gasteiger partial charge in [0.1, 0.15) is 12.2 Å². The van der Waals surface area contributed by atoms with Crippen molar-refractivity contribution in [2.75, 3.05) is 13.1 Å². The van der Waals surface area contributed by atoms with Gasteiger partial charge >= 0.3 is 0 Å². The second-order valence-corrected chi connectivity index (χ2v) is 11.6. The zero-order valence-electron chi connectivity index (χ0n) is 19.0. The minimum atomic E-state index is -4.12. The highest BCUT2D eigenvalue weighted by Crippen LogP contribution is 2.27. The molecule has 4 rings (SSSR count). The third-order valence-electron chi connectivity index (χ3n) is 5.66. The molecule has 1 heterocycles. The Morgan fingerprint density at radius 3 is 1.50 bits per heavy atom. The lowest BCUT2D eigenvalue weighted by Crippen LogP contribution is -2.34. The van der Waals surface area contributed by atoms with Gasteiger partial charge in [-0.25, -0.2) is 0 Å². The van der Waals surface area contributed by atoms with Gasteiger partial charge in [0.2, 0.25) is 0 Å². The van der Waals surface area contributed by atoms with Gasteiger partial charge in [0, 0.05) is 19.6 Å². The summed E-state index contributed by atoms with van der Waals surface area (Å²) >= 11 is 0. The van der Waals surface area contributed by atoms with Gasteiger partial charge in [0.05, 0.1) is 9.79 Å². The van der Waals surface area contributed by atoms with Crippen LogP contribution in [0, 0.1) is 13.8 Å². The first-order chi connectivity index (χ1) is 16.1. The summed E-state index contributed by atoms with van der Waals surface area (Å²) in [7, 11) is -8.23. The van der Waals surface area contributed by atoms with E-state index in [1.54, 1.807) is 24.3 Å². The topological polar surface area (TPSA) is 90.0 Å². The van der Waals surface area contributed by atoms with Gasteiger partial charge in [-0.05, 0) is 43.7 Å². The lowest BCUT2D eigenvalue weighted by Gasteiger charge is -2.19. The lowest BCUT2D eigenvalue weighted by molar-refractivity contribution is 0.101. The van der Waals surface area contributed by atoms with Crippen molar-refractivity contribution in [3.63, 3.8) is 0 Å². The molecule has 0 saturated carbocycles. The average Bonchev–Trinajstić information content (AvgIpc) is 3.14. The molecule has 0 aromatic heterocycles. The van der Waals surface area contributed by atoms with Gasteiger partial charge in [-0.2, -0.15) is 16.8 Å². The molecule has 0 amide bonds. The van der Waals surface area contributed by atoms with Gasteiger partial charge in [-0.1, -0.05) is 65.7 Å². The second-order valence-electron chi connectivity index (χ2n) is 8.48. The summed E-state index contributed by atoms with van der Waals surface area (Å²) in [6.07, 6.45) is -1.98. The molecule has 1 fully saturated rings. The van der Waals surface area contributed by atoms with E-state index >= 15 is 0 Å². The minimum Gasteiger partial charge on any atom is -0.294 e. The lowest BCUT2D eigenvalue weighted by atomic mass is 10.2. The molecule has 34 heavy (non-hydrogen) atoms. The van der Waals surface area contributed by atoms with Crippen molar-refractivity contribution < 1.29 is 25.2 Å². The molecule has 1 aliphatic rings. The molecular weight excluding hydrogens is 474 g/mol. The van der Waals surface area contributed by atoms with Crippen molar-refractivity contribution >= 4 is 20.2 Å². The number of benzene rings is 3. The highest BCUT2D eigenvalue weighted by atomic mass is 32.2. The molecule has 2 atom stereocenters. The molecule has 0 unspecified atom stereocenters. The molecule has 3 aromatic carbocycles. The van der Waals surface area contributed by atoms with E-state index in [-0.39, 0.29) is 22.9 Å². The van der Waals surface area contributed by atoms with Crippen molar-refractivity contribution in [1.82, 2.24) is 4.90 Å². The standard InChI is InChI=1S/C25H27NO6S2/c1-19-8-12-22(13-9-19)33(27,28)31-24-17-26(16-21-6-4-3-5-7-21)18-25(24)32-34(29,30)23-14-10-20(2)11-15-23/h3-15,24-25H,16-18H2,1-2H3/t24-,25-/m0/s1. The fourth-order valence-electron chi connectivity index (χ4n) is 3.82. The maximum atomic E-state index is 12.9. The summed E-state index contributed by atoms with van der Waals surface area (Å²) in [5.74, 6) is 0. The predicted octanol–water partition coefficient (Wildman–Crippen LogP) is 3.67. The maximum absolute atomic E-state index is 12.9. The van der Waals surface area contributed by atoms with E-state index in [1.807, 2.05) is 49.1 Å². The fraction of sp³-hybridized carbons (Fsp3) is 0.280. The molecule has 9 heteroatoms. The summed E-state index contributed by atoms with van der Waals surface area (Å²) in [4.78, 5) is 1.96. The van der Waals surface area contributed by atoms with Crippen LogP contribution in [0.4, 0.5) is 0 Å². The van der Waals surface area contributed by atoms with Gasteiger partial charge < -0.3 is 0 Å². The van der Waals surface area contributed by atoms with Crippen LogP contribution in [-0.4, -0.2) is 47.0 Å². The van der Waals surface area contributed by atoms with Crippen molar-refractivity contribution in [1.29, 1.82) is 0 Å². The molecule has 0 bridgehead atoms. The van der Waals surface area contributed by atoms with E-state index in [1.165, 1.54) is 24.3 Å². The van der Waals surface area contributed by atoms with Crippen LogP contribution < -0.4 is 0 Å². The molecule has 1 aliphatic heterocycles. The Hall–Kier alpha value is -2.56. The monoisotopic (exact) mass is 501 g/mol. The Morgan fingerprint density at radius 2 is 1.09 bits per heavy atom. The van der Waals surface area contributed by atoms with Crippen LogP contribution in [0.1, 0.15) is 16.7 Å². The van der Waals surface area contributed by atoms with E-state index < -0.39 is 32.4 Å². The smallest absolute Gasteiger partial charge is 0.294 e. The Bertz CT molecular complexity index is 1240. The van der Waals surface area contributed by atoms with Crippen molar-refractivity contribution in [3.05, 3.63) is 95.6 Å². The first-order valence-electron chi connectivity index (χ1n) is 10.9. The summed E-state index contributed by atoms with van der Waals surface area (Å²) in [5, 5.41) is 0. The Balaban J connectivity index is 1.58. The summed E-state index contributed by atoms with van der Waals surface area (Å²) in [6.45, 7) is 4.63. The maximum Gasteiger partial charge on any atom is 0.297 e. The zero-order valence-corrected chi connectivity index (χ0v) is 20.6. The van der Waals surface area contributed by atoms with Gasteiger partial charge in [0.25, 0.3) is 20.2 Å². The van der Waals surface area contributed by atoms with E-state index in [9.17, 15) is 16.8 Å². The number of aryl methyl sites for hydroxylation is 2. The van der Waals surface area contributed by atoms with E-state index in [0.717, 1.165) is 16.7 Å². The summed E-state index contributed by atoms with van der Waals surface area (Å²) in [5.41, 5.74) is 2.85. The van der Waals surface area contributed by atoms with Crippen molar-refractivity contribution in [2.24, 2.45) is 0 Å². The van der Waals surface area contributed by atoms with Crippen LogP contribution in [0.5, 0.6) is 0 Å². The third-order valence-corrected chi connectivity index (χ3v) is 8.36. The molecule has 0 radical (unpaired) electrons. The van der Waals surface area contributed by atoms with Crippen molar-refractivity contribution in [3.8, 4) is 0 Å². The Kier molecular flexibility index (Phi) is 7.20. The van der Waals surface area contributed by atoms with Crippen LogP contribution in [0.15, 0.2) is 88.7 Å². The zero-order chi connectivity index (χ0) is 24.3. The number of nitrogens with zero attached hydrogens (tertiary/aromatic N) is 1. The van der Waals surface area contributed by atoms with Crippen LogP contribution in [0.3, 0.4) is 0 Å². The highest BCUT2D eigenvalue weighted by molar-refractivity contribution is 7.87. The molecular formula is C25H27NO6S2. The Morgan fingerprint density at radius 1 is 0.676 bits per heavy atom. The normalized spacial score (nSPS) is 19.4. The Labute approximate surface area is 201 Å². The number of hydrogen-bond acceptors (Lipinski definition) is 7. The quantitative estimate of drug-likeness (QED) is 0.435. The van der Waals surface area contributed by atoms with Gasteiger partial charge in [-0.3, -0.25) is 13.3 Å². The SMILES string of the molecule is Cc1ccc(S(=O)(=O)O[C@H]2CN(Cc3ccccc3)C[C@@H]2OS(=O)(=O)c2ccc(C)cc2)cc1. The summed E-state index contributed by atoms with van der Waals surface area (Å²) in [6, 6.07) is 22.3. The highest BCUT2D eigenvalue weighted by Gasteiger charge is 2.41. The number of hydrogen-bond donors (Lipinski definition) is 0. The summed E-state index contributed by atoms with van der Waals surface area (Å²) < 4.78 is 62.8. The van der Waals surface area contributed by atoms with E-state index in [2.05, 4.69) is 0 Å². The van der Waals surface area contributed by atoms with Crippen LogP contribution in [0.25, 0.3) is 0 Å². The average molecular weight is 502 g/mol. The molecule has 0 N–H and O–H groups in total. The van der Waals surface area contributed by atoms with Crippen LogP contribution >= 0.6 is 0 Å². The van der Waals surface area contributed by atoms with Crippen LogP contribution in [0.2, 0.25) is 0 Å². The first-order valence-corrected chi connectivity index (χ1v) is 13.7. The minimum absolute atomic E-state index is 0.0137. The van der Waals surface area contributed by atoms with E-state index in [0.29, 0.717) is 6.54 Å². The molecule has 1 saturated heterocycles. The molecule has 180 valence electrons. The van der Waals surface area contributed by atoms with Gasteiger partial charge in [-0.15, -0.1) is 0 Å². The first kappa shape index (κ1) is 24.6. The van der Waals surface area contributed by atoms with Crippen LogP contribution in [-0.2, 0) is 35.1 Å². The molecule has 0 spiro atoms. The molecule has 3 aromatic rings. The fourth-order valence-corrected chi connectivity index (χ4v) is 6.00. The predicted molar refractivity (Wildman–Crippen MR) is 128 cm³/mol. The van der Waals surface area contributed by atoms with E-state index in [4.69, 9.17) is 8.37 Å². The largest absolute Gasteiger partial charge is 0.297 e. The van der Waals surface area contributed by atoms with Gasteiger partial charge in [0.15, 0.2) is 0 Å². The third kappa shape index (κ3) is 5.92. The number of rotatable bonds is 8. The second kappa shape index (κ2) is 9.97. The van der Waals surface area contributed by atoms with Crippen molar-refractivity contribution in [2.45, 2.75) is 42.4 Å². The molecule has 7 nitrogen and oxygen atoms in total. The number of likely N-dealkylation sites (tertiary alicyclic amines) is 1. The molecule has 0 aliphatic carbocycles.